The van der Waals surface area contributed by atoms with Gasteiger partial charge in [-0.15, -0.1) is 0 Å². The molecule has 0 aliphatic heterocycles. The van der Waals surface area contributed by atoms with E-state index in [2.05, 4.69) is 15.6 Å². The first kappa shape index (κ1) is 19.2. The number of methoxy groups -OCH3 is 1. The number of rotatable bonds is 8. The summed E-state index contributed by atoms with van der Waals surface area (Å²) >= 11 is 0. The molecule has 3 aromatic rings. The number of pyridine rings is 1. The molecule has 6 nitrogen and oxygen atoms in total. The van der Waals surface area contributed by atoms with Crippen molar-refractivity contribution < 1.29 is 18.7 Å². The van der Waals surface area contributed by atoms with Crippen molar-refractivity contribution in [2.45, 2.75) is 0 Å². The Bertz CT molecular complexity index is 898. The van der Waals surface area contributed by atoms with Gasteiger partial charge in [-0.1, -0.05) is 0 Å². The van der Waals surface area contributed by atoms with Gasteiger partial charge in [0.05, 0.1) is 19.0 Å². The maximum atomic E-state index is 12.9. The van der Waals surface area contributed by atoms with Crippen LogP contribution in [-0.4, -0.2) is 31.2 Å². The van der Waals surface area contributed by atoms with Crippen LogP contribution in [0, 0.1) is 5.82 Å². The summed E-state index contributed by atoms with van der Waals surface area (Å²) in [4.78, 5) is 16.3. The normalized spacial score (nSPS) is 10.2. The lowest BCUT2D eigenvalue weighted by atomic mass is 10.2. The van der Waals surface area contributed by atoms with Gasteiger partial charge >= 0.3 is 0 Å². The predicted molar refractivity (Wildman–Crippen MR) is 106 cm³/mol. The molecule has 0 unspecified atom stereocenters. The van der Waals surface area contributed by atoms with Gasteiger partial charge in [-0.05, 0) is 60.7 Å². The highest BCUT2D eigenvalue weighted by Crippen LogP contribution is 2.17. The summed E-state index contributed by atoms with van der Waals surface area (Å²) in [5.41, 5.74) is 1.55. The maximum Gasteiger partial charge on any atom is 0.274 e. The number of anilines is 2. The molecule has 0 fully saturated rings. The third-order valence-electron chi connectivity index (χ3n) is 3.86. The van der Waals surface area contributed by atoms with Gasteiger partial charge in [-0.3, -0.25) is 4.79 Å². The smallest absolute Gasteiger partial charge is 0.274 e. The molecule has 0 radical (unpaired) electrons. The number of halogens is 1. The van der Waals surface area contributed by atoms with E-state index in [0.717, 1.165) is 17.2 Å². The van der Waals surface area contributed by atoms with Crippen molar-refractivity contribution in [3.05, 3.63) is 78.4 Å². The number of nitrogens with one attached hydrogen (secondary N) is 2. The van der Waals surface area contributed by atoms with Crippen LogP contribution in [0.15, 0.2) is 66.9 Å². The summed E-state index contributed by atoms with van der Waals surface area (Å²) in [7, 11) is 1.62. The minimum Gasteiger partial charge on any atom is -0.497 e. The number of hydrogen-bond acceptors (Lipinski definition) is 5. The zero-order valence-electron chi connectivity index (χ0n) is 15.3. The third kappa shape index (κ3) is 5.44. The summed E-state index contributed by atoms with van der Waals surface area (Å²) in [6.45, 7) is 1.05. The summed E-state index contributed by atoms with van der Waals surface area (Å²) in [5, 5.41) is 5.84. The minimum atomic E-state index is -0.360. The zero-order chi connectivity index (χ0) is 19.8. The average molecular weight is 381 g/mol. The molecule has 28 heavy (non-hydrogen) atoms. The fraction of sp³-hybridized carbons (Fsp3) is 0.143. The number of hydrogen-bond donors (Lipinski definition) is 2. The van der Waals surface area contributed by atoms with E-state index in [9.17, 15) is 9.18 Å². The third-order valence-corrected chi connectivity index (χ3v) is 3.86. The van der Waals surface area contributed by atoms with Crippen LogP contribution in [0.1, 0.15) is 10.5 Å². The second kappa shape index (κ2) is 9.36. The van der Waals surface area contributed by atoms with Gasteiger partial charge < -0.3 is 20.1 Å². The molecule has 1 heterocycles. The van der Waals surface area contributed by atoms with E-state index in [1.165, 1.54) is 24.3 Å². The molecule has 1 amide bonds. The first-order valence-electron chi connectivity index (χ1n) is 8.68. The molecule has 2 aromatic carbocycles. The Labute approximate surface area is 162 Å². The standard InChI is InChI=1S/C21H20FN3O3/c1-27-18-7-9-19(10-8-18)28-13-12-23-17-6-11-20(24-14-17)21(26)25-16-4-2-15(22)3-5-16/h2-11,14,23H,12-13H2,1H3,(H,25,26). The fourth-order valence-electron chi connectivity index (χ4n) is 2.40. The molecule has 0 aliphatic rings. The van der Waals surface area contributed by atoms with Crippen molar-refractivity contribution in [1.29, 1.82) is 0 Å². The largest absolute Gasteiger partial charge is 0.497 e. The number of aromatic nitrogens is 1. The van der Waals surface area contributed by atoms with E-state index >= 15 is 0 Å². The van der Waals surface area contributed by atoms with E-state index in [1.54, 1.807) is 25.4 Å². The van der Waals surface area contributed by atoms with E-state index in [-0.39, 0.29) is 17.4 Å². The molecule has 0 saturated carbocycles. The van der Waals surface area contributed by atoms with Crippen molar-refractivity contribution in [3.8, 4) is 11.5 Å². The summed E-state index contributed by atoms with van der Waals surface area (Å²) in [5.74, 6) is 0.817. The second-order valence-electron chi connectivity index (χ2n) is 5.84. The predicted octanol–water partition coefficient (Wildman–Crippen LogP) is 3.97. The van der Waals surface area contributed by atoms with Crippen molar-refractivity contribution in [2.24, 2.45) is 0 Å². The Hall–Kier alpha value is -3.61. The van der Waals surface area contributed by atoms with E-state index in [1.807, 2.05) is 24.3 Å². The van der Waals surface area contributed by atoms with Gasteiger partial charge in [-0.25, -0.2) is 9.37 Å². The number of nitrogens with zero attached hydrogens (tertiary/aromatic N) is 1. The molecule has 0 bridgehead atoms. The molecule has 3 rings (SSSR count). The van der Waals surface area contributed by atoms with Crippen molar-refractivity contribution >= 4 is 17.3 Å². The first-order valence-corrected chi connectivity index (χ1v) is 8.68. The molecule has 0 spiro atoms. The Morgan fingerprint density at radius 3 is 2.29 bits per heavy atom. The van der Waals surface area contributed by atoms with Crippen molar-refractivity contribution in [1.82, 2.24) is 4.98 Å². The van der Waals surface area contributed by atoms with Gasteiger partial charge in [0, 0.05) is 12.2 Å². The highest BCUT2D eigenvalue weighted by Gasteiger charge is 2.07. The van der Waals surface area contributed by atoms with Crippen LogP contribution in [0.3, 0.4) is 0 Å². The summed E-state index contributed by atoms with van der Waals surface area (Å²) in [6.07, 6.45) is 1.58. The summed E-state index contributed by atoms with van der Waals surface area (Å²) < 4.78 is 23.6. The van der Waals surface area contributed by atoms with E-state index < -0.39 is 0 Å². The number of ether oxygens (including phenoxy) is 2. The fourth-order valence-corrected chi connectivity index (χ4v) is 2.40. The Morgan fingerprint density at radius 2 is 1.64 bits per heavy atom. The molecular formula is C21H20FN3O3. The lowest BCUT2D eigenvalue weighted by Crippen LogP contribution is -2.15. The van der Waals surface area contributed by atoms with Crippen molar-refractivity contribution in [3.63, 3.8) is 0 Å². The Morgan fingerprint density at radius 1 is 0.964 bits per heavy atom. The molecule has 0 atom stereocenters. The van der Waals surface area contributed by atoms with Crippen LogP contribution in [0.2, 0.25) is 0 Å². The molecule has 0 aliphatic carbocycles. The molecule has 2 N–H and O–H groups in total. The van der Waals surface area contributed by atoms with E-state index in [0.29, 0.717) is 18.8 Å². The molecule has 0 saturated heterocycles. The quantitative estimate of drug-likeness (QED) is 0.578. The SMILES string of the molecule is COc1ccc(OCCNc2ccc(C(=O)Nc3ccc(F)cc3)nc2)cc1. The van der Waals surface area contributed by atoms with Gasteiger partial charge in [0.1, 0.15) is 29.6 Å². The van der Waals surface area contributed by atoms with Crippen LogP contribution in [0.4, 0.5) is 15.8 Å². The Kier molecular flexibility index (Phi) is 6.41. The van der Waals surface area contributed by atoms with Gasteiger partial charge in [-0.2, -0.15) is 0 Å². The van der Waals surface area contributed by atoms with Gasteiger partial charge in [0.2, 0.25) is 0 Å². The average Bonchev–Trinajstić information content (AvgIpc) is 2.73. The van der Waals surface area contributed by atoms with E-state index in [4.69, 9.17) is 9.47 Å². The lowest BCUT2D eigenvalue weighted by Gasteiger charge is -2.09. The number of carbonyl (C=O) groups is 1. The second-order valence-corrected chi connectivity index (χ2v) is 5.84. The maximum absolute atomic E-state index is 12.9. The van der Waals surface area contributed by atoms with Crippen molar-refractivity contribution in [2.75, 3.05) is 30.9 Å². The lowest BCUT2D eigenvalue weighted by molar-refractivity contribution is 0.102. The molecule has 7 heteroatoms. The minimum absolute atomic E-state index is 0.268. The number of amides is 1. The van der Waals surface area contributed by atoms with Gasteiger partial charge in [0.25, 0.3) is 5.91 Å². The Balaban J connectivity index is 1.44. The van der Waals surface area contributed by atoms with Gasteiger partial charge in [0.15, 0.2) is 0 Å². The van der Waals surface area contributed by atoms with Crippen LogP contribution >= 0.6 is 0 Å². The highest BCUT2D eigenvalue weighted by molar-refractivity contribution is 6.02. The van der Waals surface area contributed by atoms with Crippen LogP contribution < -0.4 is 20.1 Å². The number of carbonyl (C=O) groups excluding carboxylic acids is 1. The topological polar surface area (TPSA) is 72.5 Å². The van der Waals surface area contributed by atoms with Crippen LogP contribution in [0.5, 0.6) is 11.5 Å². The number of benzene rings is 2. The van der Waals surface area contributed by atoms with Crippen LogP contribution in [0.25, 0.3) is 0 Å². The summed E-state index contributed by atoms with van der Waals surface area (Å²) in [6, 6.07) is 16.3. The first-order chi connectivity index (χ1) is 13.6. The molecule has 144 valence electrons. The van der Waals surface area contributed by atoms with Crippen LogP contribution in [-0.2, 0) is 0 Å². The zero-order valence-corrected chi connectivity index (χ0v) is 15.3. The molecular weight excluding hydrogens is 361 g/mol. The molecule has 1 aromatic heterocycles. The highest BCUT2D eigenvalue weighted by atomic mass is 19.1. The monoisotopic (exact) mass is 381 g/mol.